The number of rotatable bonds is 2. The Kier molecular flexibility index (Phi) is 3.42. The number of alkyl halides is 3. The smallest absolute Gasteiger partial charge is 0.251 e. The van der Waals surface area contributed by atoms with Crippen LogP contribution in [-0.4, -0.2) is 10.2 Å². The van der Waals surface area contributed by atoms with Gasteiger partial charge in [-0.1, -0.05) is 13.8 Å². The fraction of sp³-hybridized carbons (Fsp3) is 0.444. The van der Waals surface area contributed by atoms with Crippen LogP contribution in [0.25, 0.3) is 0 Å². The first kappa shape index (κ1) is 11.4. The van der Waals surface area contributed by atoms with Gasteiger partial charge in [0.1, 0.15) is 5.69 Å². The highest BCUT2D eigenvalue weighted by Crippen LogP contribution is 2.29. The predicted octanol–water partition coefficient (Wildman–Crippen LogP) is 3.60. The minimum Gasteiger partial charge on any atom is -0.251 e. The van der Waals surface area contributed by atoms with Crippen LogP contribution in [0.5, 0.6) is 0 Å². The van der Waals surface area contributed by atoms with Crippen LogP contribution in [0.15, 0.2) is 23.2 Å². The van der Waals surface area contributed by atoms with Crippen molar-refractivity contribution in [2.24, 2.45) is 0 Å². The second-order valence-electron chi connectivity index (χ2n) is 3.04. The molecule has 0 N–H and O–H groups in total. The molecular formula is C9H10F3NS. The summed E-state index contributed by atoms with van der Waals surface area (Å²) in [5.41, 5.74) is -0.842. The molecule has 14 heavy (non-hydrogen) atoms. The number of thioether (sulfide) groups is 1. The van der Waals surface area contributed by atoms with Crippen molar-refractivity contribution in [1.82, 2.24) is 4.98 Å². The number of aromatic nitrogens is 1. The average molecular weight is 221 g/mol. The molecule has 0 aromatic carbocycles. The Morgan fingerprint density at radius 1 is 1.29 bits per heavy atom. The summed E-state index contributed by atoms with van der Waals surface area (Å²) in [6.07, 6.45) is -3.09. The van der Waals surface area contributed by atoms with E-state index >= 15 is 0 Å². The van der Waals surface area contributed by atoms with Gasteiger partial charge in [0.05, 0.1) is 0 Å². The highest BCUT2D eigenvalue weighted by Gasteiger charge is 2.31. The third kappa shape index (κ3) is 3.21. The van der Waals surface area contributed by atoms with Crippen molar-refractivity contribution in [3.63, 3.8) is 0 Å². The number of halogens is 3. The molecule has 1 nitrogen and oxygen atoms in total. The summed E-state index contributed by atoms with van der Waals surface area (Å²) in [6.45, 7) is 3.95. The highest BCUT2D eigenvalue weighted by atomic mass is 32.2. The van der Waals surface area contributed by atoms with Crippen LogP contribution in [0.3, 0.4) is 0 Å². The maximum Gasteiger partial charge on any atom is 0.433 e. The summed E-state index contributed by atoms with van der Waals surface area (Å²) in [4.78, 5) is 4.11. The maximum absolute atomic E-state index is 12.1. The summed E-state index contributed by atoms with van der Waals surface area (Å²) < 4.78 is 36.3. The van der Waals surface area contributed by atoms with E-state index < -0.39 is 11.9 Å². The van der Waals surface area contributed by atoms with E-state index in [4.69, 9.17) is 0 Å². The summed E-state index contributed by atoms with van der Waals surface area (Å²) in [5, 5.41) is 0.341. The van der Waals surface area contributed by atoms with E-state index in [1.54, 1.807) is 0 Å². The lowest BCUT2D eigenvalue weighted by Gasteiger charge is -2.07. The van der Waals surface area contributed by atoms with Crippen LogP contribution in [0.2, 0.25) is 0 Å². The highest BCUT2D eigenvalue weighted by molar-refractivity contribution is 7.99. The molecule has 0 spiro atoms. The largest absolute Gasteiger partial charge is 0.433 e. The van der Waals surface area contributed by atoms with E-state index in [1.165, 1.54) is 24.0 Å². The Labute approximate surface area is 84.7 Å². The molecule has 0 amide bonds. The molecule has 5 heteroatoms. The summed E-state index contributed by atoms with van der Waals surface area (Å²) in [7, 11) is 0. The van der Waals surface area contributed by atoms with Gasteiger partial charge in [0.25, 0.3) is 0 Å². The van der Waals surface area contributed by atoms with Crippen LogP contribution in [-0.2, 0) is 6.18 Å². The third-order valence-corrected chi connectivity index (χ3v) is 2.38. The minimum absolute atomic E-state index is 0.341. The van der Waals surface area contributed by atoms with E-state index in [0.29, 0.717) is 5.25 Å². The van der Waals surface area contributed by atoms with Gasteiger partial charge in [-0.05, 0) is 12.1 Å². The Bertz CT molecular complexity index is 292. The van der Waals surface area contributed by atoms with Crippen LogP contribution in [0, 0.1) is 0 Å². The SMILES string of the molecule is CC(C)Sc1ccc(C(F)(F)F)nc1. The van der Waals surface area contributed by atoms with Gasteiger partial charge in [-0.3, -0.25) is 4.98 Å². The molecule has 0 unspecified atom stereocenters. The molecule has 78 valence electrons. The van der Waals surface area contributed by atoms with Crippen molar-refractivity contribution in [1.29, 1.82) is 0 Å². The van der Waals surface area contributed by atoms with Crippen LogP contribution in [0.4, 0.5) is 13.2 Å². The van der Waals surface area contributed by atoms with Gasteiger partial charge in [-0.15, -0.1) is 11.8 Å². The van der Waals surface area contributed by atoms with E-state index in [-0.39, 0.29) is 0 Å². The quantitative estimate of drug-likeness (QED) is 0.708. The summed E-state index contributed by atoms with van der Waals surface area (Å²) in [5.74, 6) is 0. The molecule has 1 aromatic rings. The summed E-state index contributed by atoms with van der Waals surface area (Å²) >= 11 is 1.49. The van der Waals surface area contributed by atoms with Crippen LogP contribution >= 0.6 is 11.8 Å². The van der Waals surface area contributed by atoms with Crippen LogP contribution < -0.4 is 0 Å². The Morgan fingerprint density at radius 2 is 1.93 bits per heavy atom. The fourth-order valence-corrected chi connectivity index (χ4v) is 1.69. The average Bonchev–Trinajstić information content (AvgIpc) is 2.02. The first-order valence-corrected chi connectivity index (χ1v) is 4.97. The lowest BCUT2D eigenvalue weighted by molar-refractivity contribution is -0.141. The van der Waals surface area contributed by atoms with Crippen molar-refractivity contribution in [2.75, 3.05) is 0 Å². The van der Waals surface area contributed by atoms with Gasteiger partial charge in [-0.25, -0.2) is 0 Å². The topological polar surface area (TPSA) is 12.9 Å². The predicted molar refractivity (Wildman–Crippen MR) is 50.2 cm³/mol. The minimum atomic E-state index is -4.35. The first-order chi connectivity index (χ1) is 6.39. The molecule has 1 rings (SSSR count). The molecular weight excluding hydrogens is 211 g/mol. The molecule has 1 heterocycles. The molecule has 0 saturated carbocycles. The third-order valence-electron chi connectivity index (χ3n) is 1.40. The fourth-order valence-electron chi connectivity index (χ4n) is 0.890. The van der Waals surface area contributed by atoms with Gasteiger partial charge < -0.3 is 0 Å². The number of pyridine rings is 1. The number of nitrogens with zero attached hydrogens (tertiary/aromatic N) is 1. The van der Waals surface area contributed by atoms with Crippen LogP contribution in [0.1, 0.15) is 19.5 Å². The first-order valence-electron chi connectivity index (χ1n) is 4.09. The Morgan fingerprint density at radius 3 is 2.29 bits per heavy atom. The van der Waals surface area contributed by atoms with E-state index in [1.807, 2.05) is 13.8 Å². The van der Waals surface area contributed by atoms with Crippen molar-refractivity contribution in [3.8, 4) is 0 Å². The van der Waals surface area contributed by atoms with E-state index in [2.05, 4.69) is 4.98 Å². The van der Waals surface area contributed by atoms with Crippen molar-refractivity contribution in [3.05, 3.63) is 24.0 Å². The molecule has 0 radical (unpaired) electrons. The second kappa shape index (κ2) is 4.21. The van der Waals surface area contributed by atoms with Crippen molar-refractivity contribution >= 4 is 11.8 Å². The lowest BCUT2D eigenvalue weighted by atomic mass is 10.3. The zero-order valence-corrected chi connectivity index (χ0v) is 8.62. The van der Waals surface area contributed by atoms with Gasteiger partial charge in [-0.2, -0.15) is 13.2 Å². The zero-order chi connectivity index (χ0) is 10.8. The van der Waals surface area contributed by atoms with Gasteiger partial charge in [0.2, 0.25) is 0 Å². The summed E-state index contributed by atoms with van der Waals surface area (Å²) in [6, 6.07) is 2.45. The normalized spacial score (nSPS) is 12.1. The molecule has 1 aromatic heterocycles. The van der Waals surface area contributed by atoms with E-state index in [9.17, 15) is 13.2 Å². The van der Waals surface area contributed by atoms with Gasteiger partial charge >= 0.3 is 6.18 Å². The molecule has 0 aliphatic rings. The molecule has 0 bridgehead atoms. The van der Waals surface area contributed by atoms with Gasteiger partial charge in [0, 0.05) is 16.3 Å². The lowest BCUT2D eigenvalue weighted by Crippen LogP contribution is -2.07. The Hall–Kier alpha value is -0.710. The standard InChI is InChI=1S/C9H10F3NS/c1-6(2)14-7-3-4-8(13-5-7)9(10,11)12/h3-6H,1-2H3. The van der Waals surface area contributed by atoms with E-state index in [0.717, 1.165) is 11.0 Å². The number of hydrogen-bond donors (Lipinski definition) is 0. The van der Waals surface area contributed by atoms with Crippen molar-refractivity contribution < 1.29 is 13.2 Å². The monoisotopic (exact) mass is 221 g/mol. The molecule has 0 atom stereocenters. The molecule has 0 fully saturated rings. The maximum atomic E-state index is 12.1. The molecule has 0 aliphatic heterocycles. The molecule has 0 aliphatic carbocycles. The van der Waals surface area contributed by atoms with Crippen molar-refractivity contribution in [2.45, 2.75) is 30.2 Å². The zero-order valence-electron chi connectivity index (χ0n) is 7.80. The second-order valence-corrected chi connectivity index (χ2v) is 4.69. The Balaban J connectivity index is 2.79. The van der Waals surface area contributed by atoms with Gasteiger partial charge in [0.15, 0.2) is 0 Å². The molecule has 0 saturated heterocycles. The number of hydrogen-bond acceptors (Lipinski definition) is 2.